The van der Waals surface area contributed by atoms with E-state index < -0.39 is 0 Å². The molecule has 0 radical (unpaired) electrons. The normalized spacial score (nSPS) is 12.1. The van der Waals surface area contributed by atoms with Crippen LogP contribution in [0.1, 0.15) is 18.1 Å². The third-order valence-electron chi connectivity index (χ3n) is 5.03. The molecule has 0 bridgehead atoms. The first-order valence-corrected chi connectivity index (χ1v) is 9.27. The maximum absolute atomic E-state index is 12.6. The van der Waals surface area contributed by atoms with Gasteiger partial charge in [0.2, 0.25) is 5.88 Å². The molecule has 0 saturated heterocycles. The molecular formula is C22H22N2O4. The smallest absolute Gasteiger partial charge is 0.351 e. The Bertz CT molecular complexity index is 1070. The van der Waals surface area contributed by atoms with Crippen LogP contribution in [0.15, 0.2) is 47.3 Å². The molecule has 0 unspecified atom stereocenters. The monoisotopic (exact) mass is 378 g/mol. The lowest BCUT2D eigenvalue weighted by Crippen LogP contribution is -2.28. The molecule has 0 N–H and O–H groups in total. The van der Waals surface area contributed by atoms with Crippen LogP contribution >= 0.6 is 0 Å². The summed E-state index contributed by atoms with van der Waals surface area (Å²) in [6.07, 6.45) is 1.68. The zero-order valence-corrected chi connectivity index (χ0v) is 16.2. The molecule has 0 spiro atoms. The molecule has 2 heterocycles. The lowest BCUT2D eigenvalue weighted by Gasteiger charge is -2.23. The van der Waals surface area contributed by atoms with Crippen LogP contribution in [0.4, 0.5) is 0 Å². The fourth-order valence-electron chi connectivity index (χ4n) is 3.49. The molecular weight excluding hydrogens is 356 g/mol. The summed E-state index contributed by atoms with van der Waals surface area (Å²) in [7, 11) is 3.21. The van der Waals surface area contributed by atoms with Crippen molar-refractivity contribution in [1.29, 1.82) is 0 Å². The number of aromatic nitrogens is 2. The summed E-state index contributed by atoms with van der Waals surface area (Å²) in [6.45, 7) is 2.66. The van der Waals surface area contributed by atoms with E-state index in [0.29, 0.717) is 23.8 Å². The molecule has 3 aromatic rings. The van der Waals surface area contributed by atoms with Gasteiger partial charge >= 0.3 is 5.69 Å². The van der Waals surface area contributed by atoms with Gasteiger partial charge in [0, 0.05) is 18.2 Å². The van der Waals surface area contributed by atoms with Crippen LogP contribution in [0.3, 0.4) is 0 Å². The lowest BCUT2D eigenvalue weighted by molar-refractivity contribution is 0.354. The number of ether oxygens (including phenoxy) is 3. The van der Waals surface area contributed by atoms with Crippen LogP contribution in [0, 0.1) is 0 Å². The minimum absolute atomic E-state index is 0.281. The van der Waals surface area contributed by atoms with E-state index in [1.165, 1.54) is 5.56 Å². The Labute approximate surface area is 163 Å². The number of benzene rings is 2. The second-order valence-corrected chi connectivity index (χ2v) is 6.63. The maximum Gasteiger partial charge on any atom is 0.351 e. The van der Waals surface area contributed by atoms with Gasteiger partial charge in [0.15, 0.2) is 11.5 Å². The van der Waals surface area contributed by atoms with Crippen LogP contribution in [-0.4, -0.2) is 23.8 Å². The van der Waals surface area contributed by atoms with Crippen LogP contribution in [-0.2, 0) is 19.4 Å². The highest BCUT2D eigenvalue weighted by molar-refractivity contribution is 5.70. The topological polar surface area (TPSA) is 62.6 Å². The minimum atomic E-state index is -0.321. The number of hydrogen-bond donors (Lipinski definition) is 0. The van der Waals surface area contributed by atoms with E-state index >= 15 is 0 Å². The molecule has 1 aliphatic rings. The second kappa shape index (κ2) is 7.38. The summed E-state index contributed by atoms with van der Waals surface area (Å²) >= 11 is 0. The maximum atomic E-state index is 12.6. The van der Waals surface area contributed by atoms with E-state index in [1.807, 2.05) is 36.4 Å². The van der Waals surface area contributed by atoms with Gasteiger partial charge in [-0.1, -0.05) is 19.1 Å². The Morgan fingerprint density at radius 1 is 1.04 bits per heavy atom. The van der Waals surface area contributed by atoms with E-state index in [2.05, 4.69) is 11.9 Å². The Hall–Kier alpha value is -3.28. The van der Waals surface area contributed by atoms with Crippen molar-refractivity contribution in [2.24, 2.45) is 0 Å². The Balaban J connectivity index is 1.77. The Morgan fingerprint density at radius 2 is 1.75 bits per heavy atom. The largest absolute Gasteiger partial charge is 0.493 e. The van der Waals surface area contributed by atoms with Gasteiger partial charge < -0.3 is 14.2 Å². The van der Waals surface area contributed by atoms with Crippen molar-refractivity contribution < 1.29 is 14.2 Å². The summed E-state index contributed by atoms with van der Waals surface area (Å²) in [5.74, 6) is 2.23. The minimum Gasteiger partial charge on any atom is -0.493 e. The highest BCUT2D eigenvalue weighted by Gasteiger charge is 2.22. The number of methoxy groups -OCH3 is 2. The fourth-order valence-corrected chi connectivity index (χ4v) is 3.49. The molecule has 2 aromatic carbocycles. The summed E-state index contributed by atoms with van der Waals surface area (Å²) < 4.78 is 18.4. The summed E-state index contributed by atoms with van der Waals surface area (Å²) in [5, 5.41) is 0. The molecule has 28 heavy (non-hydrogen) atoms. The van der Waals surface area contributed by atoms with Gasteiger partial charge in [-0.3, -0.25) is 4.57 Å². The molecule has 1 aromatic heterocycles. The van der Waals surface area contributed by atoms with Gasteiger partial charge in [-0.2, -0.15) is 4.98 Å². The van der Waals surface area contributed by atoms with Gasteiger partial charge in [0.05, 0.1) is 19.9 Å². The highest BCUT2D eigenvalue weighted by Crippen LogP contribution is 2.38. The third-order valence-corrected chi connectivity index (χ3v) is 5.03. The average molecular weight is 378 g/mol. The zero-order valence-electron chi connectivity index (χ0n) is 16.2. The van der Waals surface area contributed by atoms with E-state index in [4.69, 9.17) is 14.2 Å². The predicted molar refractivity (Wildman–Crippen MR) is 107 cm³/mol. The Kier molecular flexibility index (Phi) is 4.77. The molecule has 0 atom stereocenters. The van der Waals surface area contributed by atoms with E-state index in [0.717, 1.165) is 29.7 Å². The number of aryl methyl sites for hydroxylation is 2. The first kappa shape index (κ1) is 18.1. The van der Waals surface area contributed by atoms with Crippen molar-refractivity contribution in [1.82, 2.24) is 9.55 Å². The lowest BCUT2D eigenvalue weighted by atomic mass is 9.97. The predicted octanol–water partition coefficient (Wildman–Crippen LogP) is 3.84. The number of rotatable bonds is 5. The summed E-state index contributed by atoms with van der Waals surface area (Å²) in [6, 6.07) is 13.5. The van der Waals surface area contributed by atoms with Gasteiger partial charge in [-0.25, -0.2) is 4.79 Å². The summed E-state index contributed by atoms with van der Waals surface area (Å²) in [4.78, 5) is 16.7. The van der Waals surface area contributed by atoms with Crippen molar-refractivity contribution in [3.63, 3.8) is 0 Å². The van der Waals surface area contributed by atoms with E-state index in [-0.39, 0.29) is 11.6 Å². The standard InChI is InChI=1S/C22H22N2O4/c1-4-14-5-7-16(8-6-14)28-21-13-18-17-12-20(27-3)19(26-2)11-15(17)9-10-24(18)22(25)23-21/h5-8,11-13H,4,9-10H2,1-3H3. The Morgan fingerprint density at radius 3 is 2.43 bits per heavy atom. The summed E-state index contributed by atoms with van der Waals surface area (Å²) in [5.41, 5.74) is 3.69. The van der Waals surface area contributed by atoms with Crippen molar-refractivity contribution in [3.8, 4) is 34.4 Å². The van der Waals surface area contributed by atoms with Crippen molar-refractivity contribution in [2.75, 3.05) is 14.2 Å². The molecule has 0 saturated carbocycles. The zero-order chi connectivity index (χ0) is 19.7. The third kappa shape index (κ3) is 3.22. The van der Waals surface area contributed by atoms with Gasteiger partial charge in [-0.15, -0.1) is 0 Å². The van der Waals surface area contributed by atoms with Crippen molar-refractivity contribution in [3.05, 3.63) is 64.1 Å². The molecule has 144 valence electrons. The van der Waals surface area contributed by atoms with Crippen molar-refractivity contribution in [2.45, 2.75) is 26.3 Å². The van der Waals surface area contributed by atoms with Crippen LogP contribution in [0.25, 0.3) is 11.3 Å². The molecule has 1 aliphatic heterocycles. The molecule has 0 amide bonds. The van der Waals surface area contributed by atoms with Crippen LogP contribution < -0.4 is 19.9 Å². The number of fused-ring (bicyclic) bond motifs is 3. The SMILES string of the molecule is CCc1ccc(Oc2cc3n(c(=O)n2)CCc2cc(OC)c(OC)cc2-3)cc1. The van der Waals surface area contributed by atoms with E-state index in [1.54, 1.807) is 24.9 Å². The van der Waals surface area contributed by atoms with Gasteiger partial charge in [0.25, 0.3) is 0 Å². The van der Waals surface area contributed by atoms with Crippen molar-refractivity contribution >= 4 is 0 Å². The number of nitrogens with zero attached hydrogens (tertiary/aromatic N) is 2. The van der Waals surface area contributed by atoms with Crippen LogP contribution in [0.2, 0.25) is 0 Å². The van der Waals surface area contributed by atoms with Gasteiger partial charge in [0.1, 0.15) is 5.75 Å². The molecule has 6 nitrogen and oxygen atoms in total. The molecule has 0 aliphatic carbocycles. The van der Waals surface area contributed by atoms with E-state index in [9.17, 15) is 4.79 Å². The molecule has 0 fully saturated rings. The quantitative estimate of drug-likeness (QED) is 0.675. The average Bonchev–Trinajstić information content (AvgIpc) is 2.73. The second-order valence-electron chi connectivity index (χ2n) is 6.63. The molecule has 4 rings (SSSR count). The highest BCUT2D eigenvalue weighted by atomic mass is 16.5. The van der Waals surface area contributed by atoms with Gasteiger partial charge in [-0.05, 0) is 48.2 Å². The fraction of sp³-hybridized carbons (Fsp3) is 0.273. The number of hydrogen-bond acceptors (Lipinski definition) is 5. The molecule has 6 heteroatoms. The first-order chi connectivity index (χ1) is 13.6. The first-order valence-electron chi connectivity index (χ1n) is 9.27. The van der Waals surface area contributed by atoms with Crippen LogP contribution in [0.5, 0.6) is 23.1 Å².